The van der Waals surface area contributed by atoms with Gasteiger partial charge in [-0.25, -0.2) is 0 Å². The van der Waals surface area contributed by atoms with Gasteiger partial charge in [0.15, 0.2) is 0 Å². The van der Waals surface area contributed by atoms with Crippen LogP contribution < -0.4 is 5.32 Å². The zero-order valence-electron chi connectivity index (χ0n) is 8.77. The monoisotopic (exact) mass is 187 g/mol. The first-order valence-corrected chi connectivity index (χ1v) is 5.11. The minimum absolute atomic E-state index is 0.0592. The number of esters is 1. The van der Waals surface area contributed by atoms with E-state index in [1.54, 1.807) is 0 Å². The molecular weight excluding hydrogens is 166 g/mol. The van der Waals surface area contributed by atoms with Crippen LogP contribution in [0.4, 0.5) is 0 Å². The number of carbonyl (C=O) groups excluding carboxylic acids is 1. The van der Waals surface area contributed by atoms with Gasteiger partial charge in [-0.15, -0.1) is 0 Å². The Morgan fingerprint density at radius 3 is 2.69 bits per heavy atom. The van der Waals surface area contributed by atoms with Crippen LogP contribution in [0.1, 0.15) is 39.0 Å². The average Bonchev–Trinajstić information content (AvgIpc) is 2.11. The highest BCUT2D eigenvalue weighted by molar-refractivity contribution is 5.69. The van der Waals surface area contributed by atoms with Crippen LogP contribution >= 0.6 is 0 Å². The predicted octanol–water partition coefficient (Wildman–Crippen LogP) is 1.72. The average molecular weight is 187 g/mol. The van der Waals surface area contributed by atoms with E-state index in [0.29, 0.717) is 13.0 Å². The van der Waals surface area contributed by atoms with Crippen molar-refractivity contribution >= 4 is 5.97 Å². The quantitative estimate of drug-likeness (QED) is 0.464. The number of hydrogen-bond acceptors (Lipinski definition) is 3. The highest BCUT2D eigenvalue weighted by Gasteiger charge is 1.98. The van der Waals surface area contributed by atoms with E-state index in [1.165, 1.54) is 0 Å². The summed E-state index contributed by atoms with van der Waals surface area (Å²) in [5, 5.41) is 3.08. The molecule has 0 saturated carbocycles. The van der Waals surface area contributed by atoms with Crippen LogP contribution in [0.5, 0.6) is 0 Å². The van der Waals surface area contributed by atoms with Crippen molar-refractivity contribution in [2.24, 2.45) is 0 Å². The molecule has 0 atom stereocenters. The van der Waals surface area contributed by atoms with E-state index in [0.717, 1.165) is 32.2 Å². The molecular formula is C10H21NO2. The lowest BCUT2D eigenvalue weighted by Crippen LogP contribution is -2.08. The molecule has 0 spiro atoms. The van der Waals surface area contributed by atoms with Gasteiger partial charge in [0.25, 0.3) is 0 Å². The van der Waals surface area contributed by atoms with E-state index in [9.17, 15) is 4.79 Å². The first-order chi connectivity index (χ1) is 6.31. The molecule has 0 aliphatic heterocycles. The van der Waals surface area contributed by atoms with Gasteiger partial charge in [-0.2, -0.15) is 0 Å². The number of nitrogens with one attached hydrogen (secondary N) is 1. The van der Waals surface area contributed by atoms with Crippen molar-refractivity contribution < 1.29 is 9.53 Å². The van der Waals surface area contributed by atoms with Crippen molar-refractivity contribution in [1.29, 1.82) is 0 Å². The van der Waals surface area contributed by atoms with Gasteiger partial charge < -0.3 is 10.1 Å². The molecule has 0 aliphatic rings. The second-order valence-electron chi connectivity index (χ2n) is 3.13. The van der Waals surface area contributed by atoms with Crippen molar-refractivity contribution in [3.8, 4) is 0 Å². The number of hydrogen-bond donors (Lipinski definition) is 1. The maximum Gasteiger partial charge on any atom is 0.305 e. The van der Waals surface area contributed by atoms with Crippen LogP contribution in [-0.4, -0.2) is 26.2 Å². The molecule has 78 valence electrons. The Morgan fingerprint density at radius 1 is 1.31 bits per heavy atom. The van der Waals surface area contributed by atoms with Crippen LogP contribution in [0.25, 0.3) is 0 Å². The first kappa shape index (κ1) is 12.4. The van der Waals surface area contributed by atoms with Crippen LogP contribution in [0.15, 0.2) is 0 Å². The predicted molar refractivity (Wildman–Crippen MR) is 53.6 cm³/mol. The van der Waals surface area contributed by atoms with Gasteiger partial charge in [-0.1, -0.05) is 6.92 Å². The van der Waals surface area contributed by atoms with Crippen molar-refractivity contribution in [3.05, 3.63) is 0 Å². The van der Waals surface area contributed by atoms with Gasteiger partial charge in [-0.3, -0.25) is 4.79 Å². The topological polar surface area (TPSA) is 38.3 Å². The SMILES string of the molecule is CCCC(=O)OCCCCCNC. The number of rotatable bonds is 8. The van der Waals surface area contributed by atoms with Gasteiger partial charge >= 0.3 is 5.97 Å². The van der Waals surface area contributed by atoms with E-state index >= 15 is 0 Å². The lowest BCUT2D eigenvalue weighted by atomic mass is 10.2. The second kappa shape index (κ2) is 9.52. The zero-order chi connectivity index (χ0) is 9.94. The molecule has 0 fully saturated rings. The third kappa shape index (κ3) is 9.34. The summed E-state index contributed by atoms with van der Waals surface area (Å²) in [7, 11) is 1.95. The van der Waals surface area contributed by atoms with E-state index in [4.69, 9.17) is 4.74 Å². The molecule has 0 bridgehead atoms. The molecule has 0 rings (SSSR count). The molecule has 0 aromatic heterocycles. The Morgan fingerprint density at radius 2 is 2.08 bits per heavy atom. The van der Waals surface area contributed by atoms with Crippen molar-refractivity contribution in [2.45, 2.75) is 39.0 Å². The smallest absolute Gasteiger partial charge is 0.305 e. The highest BCUT2D eigenvalue weighted by atomic mass is 16.5. The highest BCUT2D eigenvalue weighted by Crippen LogP contribution is 1.97. The lowest BCUT2D eigenvalue weighted by Gasteiger charge is -2.03. The summed E-state index contributed by atoms with van der Waals surface area (Å²) in [5.41, 5.74) is 0. The Balaban J connectivity index is 3.02. The van der Waals surface area contributed by atoms with E-state index in [-0.39, 0.29) is 5.97 Å². The molecule has 0 heterocycles. The molecule has 3 nitrogen and oxygen atoms in total. The molecule has 0 amide bonds. The van der Waals surface area contributed by atoms with E-state index < -0.39 is 0 Å². The summed E-state index contributed by atoms with van der Waals surface area (Å²) in [4.78, 5) is 10.9. The fourth-order valence-electron chi connectivity index (χ4n) is 1.04. The summed E-state index contributed by atoms with van der Waals surface area (Å²) < 4.78 is 5.00. The van der Waals surface area contributed by atoms with Crippen molar-refractivity contribution in [1.82, 2.24) is 5.32 Å². The Bertz CT molecular complexity index is 126. The molecule has 0 radical (unpaired) electrons. The van der Waals surface area contributed by atoms with E-state index in [2.05, 4.69) is 5.32 Å². The van der Waals surface area contributed by atoms with Crippen LogP contribution in [-0.2, 0) is 9.53 Å². The summed E-state index contributed by atoms with van der Waals surface area (Å²) in [6.07, 6.45) is 4.69. The Labute approximate surface area is 80.8 Å². The van der Waals surface area contributed by atoms with Crippen LogP contribution in [0.3, 0.4) is 0 Å². The molecule has 0 saturated heterocycles. The molecule has 13 heavy (non-hydrogen) atoms. The largest absolute Gasteiger partial charge is 0.466 e. The fourth-order valence-corrected chi connectivity index (χ4v) is 1.04. The maximum atomic E-state index is 10.9. The van der Waals surface area contributed by atoms with Gasteiger partial charge in [-0.05, 0) is 39.3 Å². The summed E-state index contributed by atoms with van der Waals surface area (Å²) >= 11 is 0. The fraction of sp³-hybridized carbons (Fsp3) is 0.900. The van der Waals surface area contributed by atoms with Crippen molar-refractivity contribution in [3.63, 3.8) is 0 Å². The summed E-state index contributed by atoms with van der Waals surface area (Å²) in [6, 6.07) is 0. The molecule has 3 heteroatoms. The molecule has 0 aromatic carbocycles. The zero-order valence-corrected chi connectivity index (χ0v) is 8.77. The van der Waals surface area contributed by atoms with Crippen molar-refractivity contribution in [2.75, 3.05) is 20.2 Å². The normalized spacial score (nSPS) is 10.0. The van der Waals surface area contributed by atoms with Gasteiger partial charge in [0.2, 0.25) is 0 Å². The van der Waals surface area contributed by atoms with Gasteiger partial charge in [0, 0.05) is 6.42 Å². The minimum atomic E-state index is -0.0592. The number of ether oxygens (including phenoxy) is 1. The third-order valence-corrected chi connectivity index (χ3v) is 1.79. The van der Waals surface area contributed by atoms with Gasteiger partial charge in [0.1, 0.15) is 0 Å². The number of unbranched alkanes of at least 4 members (excludes halogenated alkanes) is 2. The van der Waals surface area contributed by atoms with Crippen LogP contribution in [0, 0.1) is 0 Å². The Kier molecular flexibility index (Phi) is 9.10. The lowest BCUT2D eigenvalue weighted by molar-refractivity contribution is -0.143. The first-order valence-electron chi connectivity index (χ1n) is 5.11. The van der Waals surface area contributed by atoms with Crippen LogP contribution in [0.2, 0.25) is 0 Å². The molecule has 1 N–H and O–H groups in total. The van der Waals surface area contributed by atoms with Gasteiger partial charge in [0.05, 0.1) is 6.61 Å². The summed E-state index contributed by atoms with van der Waals surface area (Å²) in [6.45, 7) is 3.61. The molecule has 0 unspecified atom stereocenters. The maximum absolute atomic E-state index is 10.9. The second-order valence-corrected chi connectivity index (χ2v) is 3.13. The third-order valence-electron chi connectivity index (χ3n) is 1.79. The summed E-state index contributed by atoms with van der Waals surface area (Å²) in [5.74, 6) is -0.0592. The Hall–Kier alpha value is -0.570. The number of carbonyl (C=O) groups is 1. The minimum Gasteiger partial charge on any atom is -0.466 e. The standard InChI is InChI=1S/C10H21NO2/c1-3-7-10(12)13-9-6-4-5-8-11-2/h11H,3-9H2,1-2H3. The molecule has 0 aliphatic carbocycles. The van der Waals surface area contributed by atoms with E-state index in [1.807, 2.05) is 14.0 Å². The molecule has 0 aromatic rings.